The fourth-order valence-corrected chi connectivity index (χ4v) is 1.19. The van der Waals surface area contributed by atoms with E-state index in [-0.39, 0.29) is 12.4 Å². The van der Waals surface area contributed by atoms with E-state index in [4.69, 9.17) is 5.11 Å². The quantitative estimate of drug-likeness (QED) is 0.798. The van der Waals surface area contributed by atoms with Crippen LogP contribution in [0.2, 0.25) is 0 Å². The van der Waals surface area contributed by atoms with E-state index in [0.29, 0.717) is 19.6 Å². The van der Waals surface area contributed by atoms with Gasteiger partial charge in [0.15, 0.2) is 0 Å². The Balaban J connectivity index is 0.000000344. The van der Waals surface area contributed by atoms with Crippen LogP contribution in [0.15, 0.2) is 30.3 Å². The third kappa shape index (κ3) is 11.0. The first-order valence-electron chi connectivity index (χ1n) is 6.00. The number of aliphatic carboxylic acids is 1. The summed E-state index contributed by atoms with van der Waals surface area (Å²) in [5.74, 6) is -0.981. The third-order valence-electron chi connectivity index (χ3n) is 2.01. The van der Waals surface area contributed by atoms with Gasteiger partial charge < -0.3 is 14.6 Å². The molecule has 0 fully saturated rings. The lowest BCUT2D eigenvalue weighted by atomic mass is 10.2. The number of ether oxygens (including phenoxy) is 2. The Morgan fingerprint density at radius 2 is 1.84 bits per heavy atom. The normalized spacial score (nSPS) is 9.16. The fourth-order valence-electron chi connectivity index (χ4n) is 1.19. The first-order chi connectivity index (χ1) is 9.10. The van der Waals surface area contributed by atoms with Crippen LogP contribution >= 0.6 is 0 Å². The number of carbonyl (C=O) groups excluding carboxylic acids is 1. The van der Waals surface area contributed by atoms with Gasteiger partial charge in [-0.05, 0) is 12.5 Å². The Bertz CT molecular complexity index is 361. The molecule has 1 aromatic carbocycles. The van der Waals surface area contributed by atoms with Crippen molar-refractivity contribution in [3.05, 3.63) is 35.9 Å². The fraction of sp³-hybridized carbons (Fsp3) is 0.429. The highest BCUT2D eigenvalue weighted by Crippen LogP contribution is 1.98. The molecule has 0 saturated heterocycles. The van der Waals surface area contributed by atoms with Crippen molar-refractivity contribution in [2.45, 2.75) is 19.8 Å². The van der Waals surface area contributed by atoms with E-state index in [1.54, 1.807) is 26.2 Å². The van der Waals surface area contributed by atoms with E-state index in [9.17, 15) is 9.59 Å². The highest BCUT2D eigenvalue weighted by Gasteiger charge is 1.98. The average molecular weight is 268 g/mol. The molecule has 0 aromatic heterocycles. The summed E-state index contributed by atoms with van der Waals surface area (Å²) in [6, 6.07) is 9.13. The minimum absolute atomic E-state index is 0.112. The molecule has 0 saturated carbocycles. The highest BCUT2D eigenvalue weighted by atomic mass is 16.5. The maximum absolute atomic E-state index is 10.5. The van der Waals surface area contributed by atoms with Crippen LogP contribution in [0.5, 0.6) is 0 Å². The van der Waals surface area contributed by atoms with Crippen molar-refractivity contribution in [3.8, 4) is 0 Å². The minimum atomic E-state index is -0.786. The van der Waals surface area contributed by atoms with Crippen LogP contribution in [0.25, 0.3) is 0 Å². The summed E-state index contributed by atoms with van der Waals surface area (Å²) in [5, 5.41) is 8.37. The van der Waals surface area contributed by atoms with Crippen LogP contribution in [-0.2, 0) is 25.5 Å². The summed E-state index contributed by atoms with van der Waals surface area (Å²) >= 11 is 0. The van der Waals surface area contributed by atoms with Gasteiger partial charge >= 0.3 is 11.9 Å². The second kappa shape index (κ2) is 11.2. The van der Waals surface area contributed by atoms with Crippen LogP contribution in [0.1, 0.15) is 18.9 Å². The van der Waals surface area contributed by atoms with Gasteiger partial charge in [0.25, 0.3) is 0 Å². The summed E-state index contributed by atoms with van der Waals surface area (Å²) < 4.78 is 9.28. The molecule has 0 atom stereocenters. The zero-order chi connectivity index (χ0) is 14.5. The van der Waals surface area contributed by atoms with Gasteiger partial charge in [0.1, 0.15) is 0 Å². The Morgan fingerprint density at radius 1 is 1.21 bits per heavy atom. The molecule has 0 unspecified atom stereocenters. The van der Waals surface area contributed by atoms with Crippen molar-refractivity contribution in [1.29, 1.82) is 0 Å². The number of hydrogen-bond acceptors (Lipinski definition) is 4. The molecule has 106 valence electrons. The molecule has 1 aromatic rings. The molecule has 0 aliphatic rings. The van der Waals surface area contributed by atoms with Gasteiger partial charge in [0, 0.05) is 7.11 Å². The lowest BCUT2D eigenvalue weighted by Crippen LogP contribution is -2.06. The van der Waals surface area contributed by atoms with Crippen molar-refractivity contribution in [2.75, 3.05) is 20.3 Å². The van der Waals surface area contributed by atoms with Crippen LogP contribution < -0.4 is 0 Å². The second-order valence-electron chi connectivity index (χ2n) is 3.60. The van der Waals surface area contributed by atoms with E-state index in [2.05, 4.69) is 9.47 Å². The Morgan fingerprint density at radius 3 is 2.32 bits per heavy atom. The molecule has 0 radical (unpaired) electrons. The number of carboxylic acid groups (broad SMARTS) is 1. The molecular formula is C14H20O5. The molecule has 0 aliphatic carbocycles. The number of rotatable bonds is 6. The van der Waals surface area contributed by atoms with E-state index in [1.165, 1.54) is 0 Å². The van der Waals surface area contributed by atoms with Crippen molar-refractivity contribution >= 4 is 11.9 Å². The van der Waals surface area contributed by atoms with Gasteiger partial charge in [-0.3, -0.25) is 9.59 Å². The molecule has 0 spiro atoms. The maximum atomic E-state index is 10.5. The second-order valence-corrected chi connectivity index (χ2v) is 3.60. The number of carbonyl (C=O) groups is 2. The molecule has 0 aliphatic heterocycles. The predicted molar refractivity (Wildman–Crippen MR) is 70.9 cm³/mol. The SMILES string of the molecule is CCOC(=O)CCOC.O=C(O)Cc1ccccc1. The van der Waals surface area contributed by atoms with Gasteiger partial charge in [-0.25, -0.2) is 0 Å². The van der Waals surface area contributed by atoms with E-state index < -0.39 is 5.97 Å². The summed E-state index contributed by atoms with van der Waals surface area (Å²) in [5.41, 5.74) is 0.843. The zero-order valence-electron chi connectivity index (χ0n) is 11.3. The first kappa shape index (κ1) is 17.1. The summed E-state index contributed by atoms with van der Waals surface area (Å²) in [6.45, 7) is 2.67. The van der Waals surface area contributed by atoms with Gasteiger partial charge in [-0.1, -0.05) is 30.3 Å². The lowest BCUT2D eigenvalue weighted by Gasteiger charge is -1.98. The maximum Gasteiger partial charge on any atom is 0.308 e. The van der Waals surface area contributed by atoms with Crippen molar-refractivity contribution in [3.63, 3.8) is 0 Å². The first-order valence-corrected chi connectivity index (χ1v) is 6.00. The molecule has 0 amide bonds. The zero-order valence-corrected chi connectivity index (χ0v) is 11.3. The molecule has 5 nitrogen and oxygen atoms in total. The Labute approximate surface area is 113 Å². The van der Waals surface area contributed by atoms with Gasteiger partial charge in [0.05, 0.1) is 26.1 Å². The Hall–Kier alpha value is -1.88. The van der Waals surface area contributed by atoms with Gasteiger partial charge in [-0.2, -0.15) is 0 Å². The van der Waals surface area contributed by atoms with Crippen LogP contribution in [-0.4, -0.2) is 37.4 Å². The van der Waals surface area contributed by atoms with Crippen molar-refractivity contribution in [2.24, 2.45) is 0 Å². The number of esters is 1. The summed E-state index contributed by atoms with van der Waals surface area (Å²) in [4.78, 5) is 20.7. The van der Waals surface area contributed by atoms with E-state index in [0.717, 1.165) is 5.56 Å². The van der Waals surface area contributed by atoms with Crippen molar-refractivity contribution in [1.82, 2.24) is 0 Å². The predicted octanol–water partition coefficient (Wildman–Crippen LogP) is 1.90. The topological polar surface area (TPSA) is 72.8 Å². The monoisotopic (exact) mass is 268 g/mol. The number of benzene rings is 1. The van der Waals surface area contributed by atoms with Crippen LogP contribution in [0.4, 0.5) is 0 Å². The smallest absolute Gasteiger partial charge is 0.308 e. The molecule has 0 heterocycles. The molecular weight excluding hydrogens is 248 g/mol. The number of methoxy groups -OCH3 is 1. The van der Waals surface area contributed by atoms with Crippen LogP contribution in [0.3, 0.4) is 0 Å². The number of hydrogen-bond donors (Lipinski definition) is 1. The largest absolute Gasteiger partial charge is 0.481 e. The summed E-state index contributed by atoms with van der Waals surface area (Å²) in [7, 11) is 1.55. The van der Waals surface area contributed by atoms with Crippen LogP contribution in [0, 0.1) is 0 Å². The molecule has 0 bridgehead atoms. The summed E-state index contributed by atoms with van der Waals surface area (Å²) in [6.07, 6.45) is 0.463. The minimum Gasteiger partial charge on any atom is -0.481 e. The van der Waals surface area contributed by atoms with E-state index in [1.807, 2.05) is 18.2 Å². The van der Waals surface area contributed by atoms with Gasteiger partial charge in [-0.15, -0.1) is 0 Å². The molecule has 1 rings (SSSR count). The highest BCUT2D eigenvalue weighted by molar-refractivity contribution is 5.70. The average Bonchev–Trinajstić information content (AvgIpc) is 2.38. The third-order valence-corrected chi connectivity index (χ3v) is 2.01. The van der Waals surface area contributed by atoms with E-state index >= 15 is 0 Å². The lowest BCUT2D eigenvalue weighted by molar-refractivity contribution is -0.144. The standard InChI is InChI=1S/C8H8O2.C6H12O3/c9-8(10)6-7-4-2-1-3-5-7;1-3-9-6(7)4-5-8-2/h1-5H,6H2,(H,9,10);3-5H2,1-2H3. The molecule has 1 N–H and O–H groups in total. The molecule has 5 heteroatoms. The van der Waals surface area contributed by atoms with Gasteiger partial charge in [0.2, 0.25) is 0 Å². The number of carboxylic acids is 1. The molecule has 19 heavy (non-hydrogen) atoms. The Kier molecular flexibility index (Phi) is 10.1. The van der Waals surface area contributed by atoms with Crippen molar-refractivity contribution < 1.29 is 24.2 Å².